The van der Waals surface area contributed by atoms with Crippen LogP contribution in [0.5, 0.6) is 5.88 Å². The molecule has 1 aliphatic heterocycles. The number of aromatic nitrogens is 3. The zero-order chi connectivity index (χ0) is 23.2. The Morgan fingerprint density at radius 2 is 1.84 bits per heavy atom. The number of hydrogen-bond acceptors (Lipinski definition) is 8. The van der Waals surface area contributed by atoms with E-state index < -0.39 is 71.2 Å². The quantitative estimate of drug-likeness (QED) is 0.516. The van der Waals surface area contributed by atoms with Crippen LogP contribution in [-0.4, -0.2) is 43.8 Å². The predicted octanol–water partition coefficient (Wildman–Crippen LogP) is 3.18. The molecule has 31 heavy (non-hydrogen) atoms. The monoisotopic (exact) mass is 456 g/mol. The van der Waals surface area contributed by atoms with Crippen LogP contribution in [0.2, 0.25) is 0 Å². The van der Waals surface area contributed by atoms with Gasteiger partial charge in [-0.25, -0.2) is 4.98 Å². The van der Waals surface area contributed by atoms with E-state index >= 15 is 0 Å². The summed E-state index contributed by atoms with van der Waals surface area (Å²) in [5, 5.41) is 26.8. The third-order valence-electron chi connectivity index (χ3n) is 4.76. The van der Waals surface area contributed by atoms with Crippen molar-refractivity contribution in [2.75, 3.05) is 5.73 Å². The number of fused-ring (bicyclic) bond motifs is 5. The molecule has 172 valence electrons. The van der Waals surface area contributed by atoms with Gasteiger partial charge in [-0.15, -0.1) is 10.2 Å². The first-order valence-corrected chi connectivity index (χ1v) is 9.08. The molecule has 0 spiro atoms. The van der Waals surface area contributed by atoms with Crippen LogP contribution in [0.25, 0.3) is 11.6 Å². The van der Waals surface area contributed by atoms with Gasteiger partial charge in [-0.2, -0.15) is 26.3 Å². The number of ether oxygens (including phenoxy) is 1. The molecule has 4 N–H and O–H groups in total. The van der Waals surface area contributed by atoms with Gasteiger partial charge < -0.3 is 25.1 Å². The summed E-state index contributed by atoms with van der Waals surface area (Å²) in [4.78, 5) is 3.67. The first kappa shape index (κ1) is 23.1. The lowest BCUT2D eigenvalue weighted by molar-refractivity contribution is -0.283. The van der Waals surface area contributed by atoms with E-state index in [2.05, 4.69) is 15.2 Å². The van der Waals surface area contributed by atoms with Crippen LogP contribution in [-0.2, 0) is 11.8 Å². The molecular formula is C17H18F6N4O4. The fraction of sp³-hybridized carbons (Fsp3) is 0.588. The highest BCUT2D eigenvalue weighted by atomic mass is 19.4. The van der Waals surface area contributed by atoms with E-state index in [-0.39, 0.29) is 19.3 Å². The molecule has 0 aliphatic carbocycles. The van der Waals surface area contributed by atoms with E-state index in [1.165, 1.54) is 6.92 Å². The van der Waals surface area contributed by atoms with E-state index in [1.807, 2.05) is 0 Å². The van der Waals surface area contributed by atoms with Crippen LogP contribution in [0.4, 0.5) is 32.0 Å². The van der Waals surface area contributed by atoms with Gasteiger partial charge >= 0.3 is 12.4 Å². The Morgan fingerprint density at radius 1 is 1.16 bits per heavy atom. The van der Waals surface area contributed by atoms with Crippen molar-refractivity contribution in [3.05, 3.63) is 17.5 Å². The van der Waals surface area contributed by atoms with Gasteiger partial charge in [-0.3, -0.25) is 0 Å². The zero-order valence-corrected chi connectivity index (χ0v) is 16.0. The Balaban J connectivity index is 2.19. The normalized spacial score (nSPS) is 25.6. The number of rotatable bonds is 0. The largest absolute Gasteiger partial charge is 0.474 e. The van der Waals surface area contributed by atoms with Gasteiger partial charge in [0.25, 0.3) is 11.8 Å². The molecule has 14 heteroatoms. The standard InChI is InChI=1S/C17H18F6N4O4/c1-7-3-2-4-8(28)6-15(29,17(21,22)23)14-27-26-13(31-14)11-10(24)5-9(16(18,19)20)12(25-11)30-7/h5,7-8,28-29H,2-4,6,24H2,1H3/t7-,8?,15-/m1/s1. The van der Waals surface area contributed by atoms with E-state index in [0.717, 1.165) is 0 Å². The molecule has 3 atom stereocenters. The SMILES string of the molecule is C[C@@H]1CCCC(O)C[C@](O)(C(F)(F)F)c2nnc(o2)-c2nc(c(C(F)(F)F)cc2N)O1. The number of nitrogens with zero attached hydrogens (tertiary/aromatic N) is 3. The van der Waals surface area contributed by atoms with Crippen LogP contribution < -0.4 is 10.5 Å². The van der Waals surface area contributed by atoms with Crippen molar-refractivity contribution in [2.24, 2.45) is 0 Å². The Morgan fingerprint density at radius 3 is 2.45 bits per heavy atom. The van der Waals surface area contributed by atoms with Crippen LogP contribution in [0.1, 0.15) is 44.1 Å². The number of nitrogens with two attached hydrogens (primary N) is 1. The predicted molar refractivity (Wildman–Crippen MR) is 91.5 cm³/mol. The Labute approximate surface area is 171 Å². The lowest BCUT2D eigenvalue weighted by Gasteiger charge is -2.29. The first-order valence-electron chi connectivity index (χ1n) is 9.08. The number of hydrogen-bond donors (Lipinski definition) is 3. The van der Waals surface area contributed by atoms with Crippen molar-refractivity contribution in [1.29, 1.82) is 0 Å². The maximum atomic E-state index is 13.6. The molecule has 0 aromatic carbocycles. The fourth-order valence-electron chi connectivity index (χ4n) is 3.12. The van der Waals surface area contributed by atoms with Crippen molar-refractivity contribution in [3.8, 4) is 17.5 Å². The highest BCUT2D eigenvalue weighted by Gasteiger charge is 2.59. The van der Waals surface area contributed by atoms with Gasteiger partial charge in [0.05, 0.1) is 17.9 Å². The molecule has 0 fully saturated rings. The molecule has 1 unspecified atom stereocenters. The highest BCUT2D eigenvalue weighted by molar-refractivity contribution is 5.68. The van der Waals surface area contributed by atoms with Crippen molar-refractivity contribution in [2.45, 2.75) is 62.8 Å². The van der Waals surface area contributed by atoms with E-state index in [4.69, 9.17) is 14.9 Å². The minimum Gasteiger partial charge on any atom is -0.474 e. The molecule has 0 amide bonds. The molecule has 8 nitrogen and oxygen atoms in total. The minimum absolute atomic E-state index is 0.0918. The van der Waals surface area contributed by atoms with Crippen molar-refractivity contribution in [1.82, 2.24) is 15.2 Å². The van der Waals surface area contributed by atoms with Crippen LogP contribution >= 0.6 is 0 Å². The number of pyridine rings is 1. The lowest BCUT2D eigenvalue weighted by Crippen LogP contribution is -2.45. The maximum absolute atomic E-state index is 13.6. The summed E-state index contributed by atoms with van der Waals surface area (Å²) in [6.45, 7) is 1.44. The number of nitrogen functional groups attached to an aromatic ring is 1. The van der Waals surface area contributed by atoms with Crippen molar-refractivity contribution < 1.29 is 45.7 Å². The average molecular weight is 456 g/mol. The van der Waals surface area contributed by atoms with Crippen LogP contribution in [0.15, 0.2) is 10.5 Å². The summed E-state index contributed by atoms with van der Waals surface area (Å²) in [5.41, 5.74) is -0.523. The fourth-order valence-corrected chi connectivity index (χ4v) is 3.12. The average Bonchev–Trinajstić information content (AvgIpc) is 3.10. The second kappa shape index (κ2) is 7.82. The Kier molecular flexibility index (Phi) is 5.82. The molecule has 2 aromatic rings. The number of halogens is 6. The summed E-state index contributed by atoms with van der Waals surface area (Å²) in [7, 11) is 0. The topological polar surface area (TPSA) is 128 Å². The second-order valence-electron chi connectivity index (χ2n) is 7.26. The van der Waals surface area contributed by atoms with Gasteiger partial charge in [0.2, 0.25) is 11.5 Å². The van der Waals surface area contributed by atoms with Gasteiger partial charge in [-0.1, -0.05) is 0 Å². The summed E-state index contributed by atoms with van der Waals surface area (Å²) in [6.07, 6.45) is -13.8. The van der Waals surface area contributed by atoms with Crippen molar-refractivity contribution in [3.63, 3.8) is 0 Å². The van der Waals surface area contributed by atoms with Gasteiger partial charge in [-0.05, 0) is 32.3 Å². The molecule has 0 saturated heterocycles. The number of aliphatic hydroxyl groups is 2. The molecule has 2 aromatic heterocycles. The number of anilines is 1. The third-order valence-corrected chi connectivity index (χ3v) is 4.76. The van der Waals surface area contributed by atoms with Crippen LogP contribution in [0, 0.1) is 0 Å². The molecule has 4 bridgehead atoms. The molecule has 3 heterocycles. The van der Waals surface area contributed by atoms with E-state index in [9.17, 15) is 36.6 Å². The van der Waals surface area contributed by atoms with Gasteiger partial charge in [0.15, 0.2) is 5.69 Å². The molecule has 1 aliphatic rings. The Bertz CT molecular complexity index is 948. The molecule has 0 saturated carbocycles. The van der Waals surface area contributed by atoms with E-state index in [0.29, 0.717) is 6.07 Å². The summed E-state index contributed by atoms with van der Waals surface area (Å²) >= 11 is 0. The van der Waals surface area contributed by atoms with Crippen molar-refractivity contribution >= 4 is 5.69 Å². The molecule has 3 rings (SSSR count). The van der Waals surface area contributed by atoms with Gasteiger partial charge in [0, 0.05) is 6.42 Å². The third kappa shape index (κ3) is 4.54. The lowest BCUT2D eigenvalue weighted by atomic mass is 9.92. The van der Waals surface area contributed by atoms with Gasteiger partial charge in [0.1, 0.15) is 5.56 Å². The number of alkyl halides is 6. The summed E-state index contributed by atoms with van der Waals surface area (Å²) < 4.78 is 91.2. The highest BCUT2D eigenvalue weighted by Crippen LogP contribution is 2.44. The summed E-state index contributed by atoms with van der Waals surface area (Å²) in [6, 6.07) is 0.500. The molecular weight excluding hydrogens is 438 g/mol. The van der Waals surface area contributed by atoms with Crippen LogP contribution in [0.3, 0.4) is 0 Å². The molecule has 0 radical (unpaired) electrons. The smallest absolute Gasteiger partial charge is 0.426 e. The Hall–Kier alpha value is -2.61. The minimum atomic E-state index is -5.30. The maximum Gasteiger partial charge on any atom is 0.426 e. The summed E-state index contributed by atoms with van der Waals surface area (Å²) in [5.74, 6) is -2.93. The number of aliphatic hydroxyl groups excluding tert-OH is 1. The second-order valence-corrected chi connectivity index (χ2v) is 7.26. The zero-order valence-electron chi connectivity index (χ0n) is 16.0. The van der Waals surface area contributed by atoms with E-state index in [1.54, 1.807) is 0 Å². The first-order chi connectivity index (χ1) is 14.2.